The maximum Gasteiger partial charge on any atom is 0.339 e. The molecular weight excluding hydrogens is 336 g/mol. The Bertz CT molecular complexity index is 679. The van der Waals surface area contributed by atoms with Crippen molar-refractivity contribution in [2.24, 2.45) is 11.8 Å². The first-order valence-electron chi connectivity index (χ1n) is 8.67. The third-order valence-corrected chi connectivity index (χ3v) is 4.43. The minimum Gasteiger partial charge on any atom is -0.465 e. The zero-order valence-corrected chi connectivity index (χ0v) is 15.7. The molecule has 2 unspecified atom stereocenters. The van der Waals surface area contributed by atoms with Crippen LogP contribution in [0.4, 0.5) is 5.69 Å². The van der Waals surface area contributed by atoms with Crippen molar-refractivity contribution in [2.75, 3.05) is 39.2 Å². The van der Waals surface area contributed by atoms with E-state index in [-0.39, 0.29) is 29.3 Å². The summed E-state index contributed by atoms with van der Waals surface area (Å²) >= 11 is 0. The minimum atomic E-state index is -0.586. The number of rotatable bonds is 5. The van der Waals surface area contributed by atoms with E-state index in [1.807, 2.05) is 0 Å². The van der Waals surface area contributed by atoms with E-state index in [4.69, 9.17) is 9.47 Å². The molecule has 0 aliphatic carbocycles. The number of ether oxygens (including phenoxy) is 2. The molecule has 0 bridgehead atoms. The molecule has 2 rings (SSSR count). The molecule has 1 N–H and O–H groups in total. The summed E-state index contributed by atoms with van der Waals surface area (Å²) in [5.41, 5.74) is 0.674. The van der Waals surface area contributed by atoms with Crippen LogP contribution in [0.15, 0.2) is 18.2 Å². The van der Waals surface area contributed by atoms with E-state index < -0.39 is 11.9 Å². The summed E-state index contributed by atoms with van der Waals surface area (Å²) in [5, 5.41) is 2.73. The Morgan fingerprint density at radius 2 is 1.69 bits per heavy atom. The summed E-state index contributed by atoms with van der Waals surface area (Å²) in [7, 11) is 2.53. The number of nitrogens with zero attached hydrogens (tertiary/aromatic N) is 1. The molecule has 1 heterocycles. The second-order valence-electron chi connectivity index (χ2n) is 6.93. The van der Waals surface area contributed by atoms with Crippen molar-refractivity contribution in [2.45, 2.75) is 20.3 Å². The highest BCUT2D eigenvalue weighted by Crippen LogP contribution is 2.22. The van der Waals surface area contributed by atoms with Crippen molar-refractivity contribution in [3.63, 3.8) is 0 Å². The normalized spacial score (nSPS) is 20.3. The fourth-order valence-corrected chi connectivity index (χ4v) is 3.49. The number of hydrogen-bond acceptors (Lipinski definition) is 6. The highest BCUT2D eigenvalue weighted by atomic mass is 16.5. The summed E-state index contributed by atoms with van der Waals surface area (Å²) in [6, 6.07) is 4.33. The molecule has 0 spiro atoms. The maximum absolute atomic E-state index is 12.5. The molecule has 1 amide bonds. The molecule has 142 valence electrons. The van der Waals surface area contributed by atoms with E-state index in [0.717, 1.165) is 19.5 Å². The van der Waals surface area contributed by atoms with Gasteiger partial charge < -0.3 is 14.8 Å². The van der Waals surface area contributed by atoms with Gasteiger partial charge in [-0.1, -0.05) is 13.8 Å². The van der Waals surface area contributed by atoms with E-state index in [1.54, 1.807) is 0 Å². The van der Waals surface area contributed by atoms with Crippen molar-refractivity contribution in [3.05, 3.63) is 29.3 Å². The zero-order chi connectivity index (χ0) is 19.3. The molecule has 1 fully saturated rings. The SMILES string of the molecule is COC(=O)c1ccc(C(=O)OC)c(NC(=O)CN2CC(C)CC(C)C2)c1. The molecule has 1 aromatic rings. The van der Waals surface area contributed by atoms with E-state index in [1.165, 1.54) is 32.4 Å². The van der Waals surface area contributed by atoms with Gasteiger partial charge in [0.2, 0.25) is 5.91 Å². The first kappa shape index (κ1) is 19.9. The second kappa shape index (κ2) is 8.80. The summed E-state index contributed by atoms with van der Waals surface area (Å²) in [4.78, 5) is 38.3. The van der Waals surface area contributed by atoms with Crippen LogP contribution >= 0.6 is 0 Å². The zero-order valence-electron chi connectivity index (χ0n) is 15.7. The smallest absolute Gasteiger partial charge is 0.339 e. The summed E-state index contributed by atoms with van der Waals surface area (Å²) < 4.78 is 9.44. The van der Waals surface area contributed by atoms with Crippen LogP contribution in [0.1, 0.15) is 41.0 Å². The molecule has 7 heteroatoms. The molecule has 0 aromatic heterocycles. The molecule has 1 aliphatic rings. The topological polar surface area (TPSA) is 84.9 Å². The van der Waals surface area contributed by atoms with Crippen molar-refractivity contribution in [1.29, 1.82) is 0 Å². The number of benzene rings is 1. The van der Waals surface area contributed by atoms with Crippen LogP contribution in [0.3, 0.4) is 0 Å². The van der Waals surface area contributed by atoms with Crippen LogP contribution in [-0.2, 0) is 14.3 Å². The first-order valence-corrected chi connectivity index (χ1v) is 8.67. The number of likely N-dealkylation sites (tertiary alicyclic amines) is 1. The molecule has 1 saturated heterocycles. The number of carbonyl (C=O) groups excluding carboxylic acids is 3. The first-order chi connectivity index (χ1) is 12.3. The van der Waals surface area contributed by atoms with E-state index >= 15 is 0 Å². The highest BCUT2D eigenvalue weighted by Gasteiger charge is 2.24. The van der Waals surface area contributed by atoms with Gasteiger partial charge in [0.15, 0.2) is 0 Å². The standard InChI is InChI=1S/C19H26N2O5/c1-12-7-13(2)10-21(9-12)11-17(22)20-16-8-14(18(23)25-3)5-6-15(16)19(24)26-4/h5-6,8,12-13H,7,9-11H2,1-4H3,(H,20,22). The quantitative estimate of drug-likeness (QED) is 0.808. The summed E-state index contributed by atoms with van der Waals surface area (Å²) in [6.45, 7) is 6.32. The molecule has 0 saturated carbocycles. The fraction of sp³-hybridized carbons (Fsp3) is 0.526. The molecule has 1 aliphatic heterocycles. The number of hydrogen-bond donors (Lipinski definition) is 1. The minimum absolute atomic E-state index is 0.189. The van der Waals surface area contributed by atoms with Gasteiger partial charge in [0, 0.05) is 13.1 Å². The molecule has 0 radical (unpaired) electrons. The largest absolute Gasteiger partial charge is 0.465 e. The van der Waals surface area contributed by atoms with Crippen LogP contribution in [0.2, 0.25) is 0 Å². The van der Waals surface area contributed by atoms with Crippen LogP contribution in [0, 0.1) is 11.8 Å². The van der Waals surface area contributed by atoms with Gasteiger partial charge in [-0.25, -0.2) is 9.59 Å². The van der Waals surface area contributed by atoms with Gasteiger partial charge >= 0.3 is 11.9 Å². The number of nitrogens with one attached hydrogen (secondary N) is 1. The predicted octanol–water partition coefficient (Wildman–Crippen LogP) is 2.18. The Hall–Kier alpha value is -2.41. The third-order valence-electron chi connectivity index (χ3n) is 4.43. The average molecular weight is 362 g/mol. The van der Waals surface area contributed by atoms with Gasteiger partial charge in [-0.15, -0.1) is 0 Å². The van der Waals surface area contributed by atoms with E-state index in [0.29, 0.717) is 11.8 Å². The second-order valence-corrected chi connectivity index (χ2v) is 6.93. The van der Waals surface area contributed by atoms with Crippen LogP contribution in [0.25, 0.3) is 0 Å². The lowest BCUT2D eigenvalue weighted by molar-refractivity contribution is -0.117. The highest BCUT2D eigenvalue weighted by molar-refractivity contribution is 6.03. The number of methoxy groups -OCH3 is 2. The number of carbonyl (C=O) groups is 3. The van der Waals surface area contributed by atoms with Gasteiger partial charge in [-0.2, -0.15) is 0 Å². The fourth-order valence-electron chi connectivity index (χ4n) is 3.49. The number of esters is 2. The van der Waals surface area contributed by atoms with Crippen molar-refractivity contribution in [3.8, 4) is 0 Å². The van der Waals surface area contributed by atoms with Crippen molar-refractivity contribution < 1.29 is 23.9 Å². The van der Waals surface area contributed by atoms with Gasteiger partial charge in [0.05, 0.1) is 37.6 Å². The molecule has 7 nitrogen and oxygen atoms in total. The van der Waals surface area contributed by atoms with E-state index in [2.05, 4.69) is 24.1 Å². The lowest BCUT2D eigenvalue weighted by Crippen LogP contribution is -2.43. The van der Waals surface area contributed by atoms with Crippen molar-refractivity contribution in [1.82, 2.24) is 4.90 Å². The Morgan fingerprint density at radius 3 is 2.27 bits per heavy atom. The van der Waals surface area contributed by atoms with E-state index in [9.17, 15) is 14.4 Å². The Labute approximate surface area is 153 Å². The van der Waals surface area contributed by atoms with Gasteiger partial charge in [0.25, 0.3) is 0 Å². The molecule has 26 heavy (non-hydrogen) atoms. The predicted molar refractivity (Wildman–Crippen MR) is 97.1 cm³/mol. The maximum atomic E-state index is 12.5. The molecule has 2 atom stereocenters. The number of anilines is 1. The van der Waals surface area contributed by atoms with Crippen LogP contribution in [-0.4, -0.2) is 56.6 Å². The van der Waals surface area contributed by atoms with Gasteiger partial charge in [-0.3, -0.25) is 9.69 Å². The number of piperidine rings is 1. The molecule has 1 aromatic carbocycles. The summed E-state index contributed by atoms with van der Waals surface area (Å²) in [5.74, 6) is -0.286. The van der Waals surface area contributed by atoms with Crippen molar-refractivity contribution >= 4 is 23.5 Å². The monoisotopic (exact) mass is 362 g/mol. The van der Waals surface area contributed by atoms with Gasteiger partial charge in [0.1, 0.15) is 0 Å². The Morgan fingerprint density at radius 1 is 1.08 bits per heavy atom. The van der Waals surface area contributed by atoms with Crippen LogP contribution < -0.4 is 5.32 Å². The third kappa shape index (κ3) is 5.05. The lowest BCUT2D eigenvalue weighted by Gasteiger charge is -2.34. The summed E-state index contributed by atoms with van der Waals surface area (Å²) in [6.07, 6.45) is 1.16. The Balaban J connectivity index is 2.16. The van der Waals surface area contributed by atoms with Crippen LogP contribution in [0.5, 0.6) is 0 Å². The van der Waals surface area contributed by atoms with Gasteiger partial charge in [-0.05, 0) is 36.5 Å². The number of amides is 1. The molecular formula is C19H26N2O5. The lowest BCUT2D eigenvalue weighted by atomic mass is 9.92. The Kier molecular flexibility index (Phi) is 6.74. The average Bonchev–Trinajstić information content (AvgIpc) is 2.59.